The molecule has 0 saturated heterocycles. The topological polar surface area (TPSA) is 9.23 Å². The first kappa shape index (κ1) is 19.4. The van der Waals surface area contributed by atoms with Gasteiger partial charge in [0.05, 0.1) is 32.8 Å². The Kier molecular flexibility index (Phi) is 12.8. The van der Waals surface area contributed by atoms with Gasteiger partial charge in [-0.15, -0.1) is 0 Å². The highest BCUT2D eigenvalue weighted by Gasteiger charge is 2.16. The summed E-state index contributed by atoms with van der Waals surface area (Å²) in [5.41, 5.74) is 0. The number of quaternary nitrogens is 1. The molecule has 17 heavy (non-hydrogen) atoms. The van der Waals surface area contributed by atoms with Gasteiger partial charge in [-0.1, -0.05) is 13.8 Å². The molecule has 0 heterocycles. The summed E-state index contributed by atoms with van der Waals surface area (Å²) in [5, 5.41) is 0. The molecule has 0 rings (SSSR count). The van der Waals surface area contributed by atoms with Crippen LogP contribution in [-0.4, -0.2) is 41.7 Å². The second-order valence-corrected chi connectivity index (χ2v) is 5.56. The first-order valence-corrected chi connectivity index (χ1v) is 7.37. The van der Waals surface area contributed by atoms with Crippen molar-refractivity contribution in [1.29, 1.82) is 0 Å². The van der Waals surface area contributed by atoms with Gasteiger partial charge in [0, 0.05) is 4.38 Å². The summed E-state index contributed by atoms with van der Waals surface area (Å²) in [4.78, 5) is 0. The minimum Gasteiger partial charge on any atom is -0.513 e. The highest BCUT2D eigenvalue weighted by atomic mass is 32.1. The van der Waals surface area contributed by atoms with E-state index in [2.05, 4.69) is 52.5 Å². The van der Waals surface area contributed by atoms with Crippen LogP contribution in [0.3, 0.4) is 0 Å². The fraction of sp³-hybridized carbons (Fsp3) is 0.923. The molecule has 0 atom stereocenters. The average Bonchev–Trinajstić information content (AvgIpc) is 2.31. The van der Waals surface area contributed by atoms with E-state index in [0.29, 0.717) is 12.5 Å². The molecule has 104 valence electrons. The minimum atomic E-state index is 0.221. The van der Waals surface area contributed by atoms with Gasteiger partial charge in [-0.2, -0.15) is 0 Å². The van der Waals surface area contributed by atoms with E-state index >= 15 is 0 Å². The second kappa shape index (κ2) is 11.2. The first-order chi connectivity index (χ1) is 7.87. The molecule has 0 aromatic rings. The molecule has 0 spiro atoms. The maximum Gasteiger partial charge on any atom is 0.0881 e. The average molecular weight is 280 g/mol. The Hall–Kier alpha value is 0.0700. The number of nitrogens with zero attached hydrogens (tertiary/aromatic N) is 1. The maximum atomic E-state index is 4.85. The SMILES string of the molecule is CC(C)COC(=S)[S-].CC[N+](CC)(CC)CC. The van der Waals surface area contributed by atoms with Crippen molar-refractivity contribution in [3.63, 3.8) is 0 Å². The van der Waals surface area contributed by atoms with Gasteiger partial charge in [0.25, 0.3) is 0 Å². The van der Waals surface area contributed by atoms with E-state index in [-0.39, 0.29) is 4.38 Å². The monoisotopic (exact) mass is 279 g/mol. The molecule has 0 aromatic carbocycles. The van der Waals surface area contributed by atoms with Gasteiger partial charge >= 0.3 is 0 Å². The molecule has 0 N–H and O–H groups in total. The van der Waals surface area contributed by atoms with Crippen LogP contribution in [0.25, 0.3) is 0 Å². The van der Waals surface area contributed by atoms with E-state index in [9.17, 15) is 0 Å². The van der Waals surface area contributed by atoms with Crippen molar-refractivity contribution in [2.45, 2.75) is 41.5 Å². The van der Waals surface area contributed by atoms with E-state index in [1.54, 1.807) is 0 Å². The van der Waals surface area contributed by atoms with Crippen LogP contribution in [0.5, 0.6) is 0 Å². The van der Waals surface area contributed by atoms with Crippen molar-refractivity contribution in [1.82, 2.24) is 0 Å². The molecular weight excluding hydrogens is 250 g/mol. The molecule has 0 aromatic heterocycles. The largest absolute Gasteiger partial charge is 0.513 e. The van der Waals surface area contributed by atoms with Crippen molar-refractivity contribution >= 4 is 29.2 Å². The Morgan fingerprint density at radius 3 is 1.47 bits per heavy atom. The molecule has 0 fully saturated rings. The molecule has 0 aliphatic carbocycles. The third-order valence-corrected chi connectivity index (χ3v) is 3.45. The molecule has 4 heteroatoms. The molecule has 0 radical (unpaired) electrons. The van der Waals surface area contributed by atoms with Crippen molar-refractivity contribution in [3.05, 3.63) is 0 Å². The Balaban J connectivity index is 0. The summed E-state index contributed by atoms with van der Waals surface area (Å²) < 4.78 is 6.35. The van der Waals surface area contributed by atoms with E-state index in [0.717, 1.165) is 0 Å². The summed E-state index contributed by atoms with van der Waals surface area (Å²) >= 11 is 9.01. The van der Waals surface area contributed by atoms with Crippen molar-refractivity contribution in [2.24, 2.45) is 5.92 Å². The Bertz CT molecular complexity index is 174. The second-order valence-electron chi connectivity index (χ2n) is 4.56. The van der Waals surface area contributed by atoms with Gasteiger partial charge in [-0.05, 0) is 33.6 Å². The predicted molar refractivity (Wildman–Crippen MR) is 83.2 cm³/mol. The summed E-state index contributed by atoms with van der Waals surface area (Å²) in [6.07, 6.45) is 0. The van der Waals surface area contributed by atoms with E-state index in [4.69, 9.17) is 4.74 Å². The van der Waals surface area contributed by atoms with Crippen LogP contribution in [0.4, 0.5) is 0 Å². The molecule has 0 aliphatic rings. The van der Waals surface area contributed by atoms with Gasteiger partial charge in [0.1, 0.15) is 0 Å². The van der Waals surface area contributed by atoms with Crippen LogP contribution in [0.1, 0.15) is 41.5 Å². The van der Waals surface area contributed by atoms with Gasteiger partial charge in [0.15, 0.2) is 0 Å². The van der Waals surface area contributed by atoms with E-state index in [1.165, 1.54) is 30.7 Å². The lowest BCUT2D eigenvalue weighted by Gasteiger charge is -2.34. The Labute approximate surface area is 119 Å². The van der Waals surface area contributed by atoms with Crippen LogP contribution < -0.4 is 0 Å². The summed E-state index contributed by atoms with van der Waals surface area (Å²) in [6.45, 7) is 19.0. The van der Waals surface area contributed by atoms with E-state index in [1.807, 2.05) is 13.8 Å². The number of rotatable bonds is 6. The summed E-state index contributed by atoms with van der Waals surface area (Å²) in [6, 6.07) is 0. The number of thiocarbonyl (C=S) groups is 1. The zero-order valence-corrected chi connectivity index (χ0v) is 13.9. The zero-order valence-electron chi connectivity index (χ0n) is 12.3. The highest BCUT2D eigenvalue weighted by molar-refractivity contribution is 7.99. The lowest BCUT2D eigenvalue weighted by molar-refractivity contribution is -0.921. The fourth-order valence-corrected chi connectivity index (χ4v) is 1.71. The first-order valence-electron chi connectivity index (χ1n) is 6.56. The fourth-order valence-electron chi connectivity index (χ4n) is 1.58. The van der Waals surface area contributed by atoms with Gasteiger partial charge in [-0.3, -0.25) is 0 Å². The molecule has 0 aliphatic heterocycles. The molecular formula is C13H29NOS2. The van der Waals surface area contributed by atoms with Gasteiger partial charge in [0.2, 0.25) is 0 Å². The normalized spacial score (nSPS) is 10.8. The van der Waals surface area contributed by atoms with Crippen LogP contribution >= 0.6 is 12.2 Å². The van der Waals surface area contributed by atoms with Crippen LogP contribution in [-0.2, 0) is 17.4 Å². The number of ether oxygens (including phenoxy) is 1. The van der Waals surface area contributed by atoms with Crippen molar-refractivity contribution in [3.8, 4) is 0 Å². The lowest BCUT2D eigenvalue weighted by Crippen LogP contribution is -2.47. The van der Waals surface area contributed by atoms with Crippen molar-refractivity contribution < 1.29 is 9.22 Å². The van der Waals surface area contributed by atoms with E-state index < -0.39 is 0 Å². The summed E-state index contributed by atoms with van der Waals surface area (Å²) in [7, 11) is 0. The third-order valence-electron chi connectivity index (χ3n) is 3.22. The Morgan fingerprint density at radius 2 is 1.41 bits per heavy atom. The Morgan fingerprint density at radius 1 is 1.06 bits per heavy atom. The lowest BCUT2D eigenvalue weighted by atomic mass is 10.2. The summed E-state index contributed by atoms with van der Waals surface area (Å²) in [5.74, 6) is 0.510. The van der Waals surface area contributed by atoms with Crippen LogP contribution in [0.2, 0.25) is 0 Å². The standard InChI is InChI=1S/C8H20N.C5H10OS2/c1-5-9(6-2,7-3)8-4;1-4(2)3-6-5(7)8/h5-8H2,1-4H3;4H,3H2,1-2H3,(H,7,8)/q+1;/p-1. The van der Waals surface area contributed by atoms with Gasteiger partial charge in [-0.25, -0.2) is 0 Å². The molecule has 0 bridgehead atoms. The van der Waals surface area contributed by atoms with Crippen LogP contribution in [0.15, 0.2) is 0 Å². The predicted octanol–water partition coefficient (Wildman–Crippen LogP) is 3.37. The highest BCUT2D eigenvalue weighted by Crippen LogP contribution is 2.03. The molecule has 0 unspecified atom stereocenters. The number of hydrogen-bond donors (Lipinski definition) is 0. The number of hydrogen-bond acceptors (Lipinski definition) is 3. The van der Waals surface area contributed by atoms with Gasteiger partial charge < -0.3 is 34.1 Å². The zero-order chi connectivity index (χ0) is 13.9. The minimum absolute atomic E-state index is 0.221. The van der Waals surface area contributed by atoms with Crippen molar-refractivity contribution in [2.75, 3.05) is 32.8 Å². The molecule has 0 saturated carbocycles. The molecule has 2 nitrogen and oxygen atoms in total. The van der Waals surface area contributed by atoms with Crippen LogP contribution in [0, 0.1) is 5.92 Å². The maximum absolute atomic E-state index is 4.85. The third kappa shape index (κ3) is 10.9. The quantitative estimate of drug-likeness (QED) is 0.419. The molecule has 0 amide bonds. The smallest absolute Gasteiger partial charge is 0.0881 e.